The minimum atomic E-state index is -0.168. The molecule has 7 heteroatoms. The molecular formula is C24H24N2O3S2. The second kappa shape index (κ2) is 7.41. The molecule has 6 rings (SSSR count). The van der Waals surface area contributed by atoms with Gasteiger partial charge in [0.25, 0.3) is 0 Å². The van der Waals surface area contributed by atoms with Gasteiger partial charge >= 0.3 is 4.87 Å². The minimum absolute atomic E-state index is 0.0436. The third kappa shape index (κ3) is 3.21. The Morgan fingerprint density at radius 1 is 1.23 bits per heavy atom. The number of thioether (sulfide) groups is 1. The van der Waals surface area contributed by atoms with Crippen LogP contribution in [0.4, 0.5) is 5.69 Å². The molecule has 31 heavy (non-hydrogen) atoms. The van der Waals surface area contributed by atoms with E-state index in [2.05, 4.69) is 5.32 Å². The van der Waals surface area contributed by atoms with Gasteiger partial charge in [-0.15, -0.1) is 11.8 Å². The molecule has 160 valence electrons. The molecule has 5 nitrogen and oxygen atoms in total. The van der Waals surface area contributed by atoms with Crippen LogP contribution in [0, 0.1) is 24.7 Å². The van der Waals surface area contributed by atoms with E-state index in [4.69, 9.17) is 4.42 Å². The van der Waals surface area contributed by atoms with E-state index in [0.29, 0.717) is 23.0 Å². The molecule has 3 heterocycles. The van der Waals surface area contributed by atoms with Gasteiger partial charge in [0.1, 0.15) is 12.3 Å². The van der Waals surface area contributed by atoms with Crippen molar-refractivity contribution in [3.63, 3.8) is 0 Å². The van der Waals surface area contributed by atoms with Gasteiger partial charge in [0.05, 0.1) is 22.1 Å². The fourth-order valence-corrected chi connectivity index (χ4v) is 9.07. The van der Waals surface area contributed by atoms with Crippen molar-refractivity contribution in [1.82, 2.24) is 4.57 Å². The summed E-state index contributed by atoms with van der Waals surface area (Å²) < 4.78 is 7.56. The van der Waals surface area contributed by atoms with Crippen molar-refractivity contribution in [3.05, 3.63) is 68.5 Å². The molecule has 1 amide bonds. The number of rotatable bonds is 4. The fourth-order valence-electron chi connectivity index (χ4n) is 5.94. The van der Waals surface area contributed by atoms with Crippen LogP contribution in [0.1, 0.15) is 41.4 Å². The van der Waals surface area contributed by atoms with Crippen LogP contribution in [-0.4, -0.2) is 15.7 Å². The molecule has 2 fully saturated rings. The van der Waals surface area contributed by atoms with Gasteiger partial charge in [0.15, 0.2) is 0 Å². The van der Waals surface area contributed by atoms with Crippen molar-refractivity contribution in [1.29, 1.82) is 0 Å². The topological polar surface area (TPSA) is 64.2 Å². The highest BCUT2D eigenvalue weighted by Gasteiger charge is 2.55. The predicted molar refractivity (Wildman–Crippen MR) is 123 cm³/mol. The number of benzene rings is 1. The lowest BCUT2D eigenvalue weighted by atomic mass is 9.77. The molecule has 3 aliphatic rings. The third-order valence-electron chi connectivity index (χ3n) is 7.14. The molecule has 2 saturated carbocycles. The maximum Gasteiger partial charge on any atom is 0.308 e. The van der Waals surface area contributed by atoms with Gasteiger partial charge < -0.3 is 9.73 Å². The summed E-state index contributed by atoms with van der Waals surface area (Å²) in [6.07, 6.45) is 5.58. The van der Waals surface area contributed by atoms with Gasteiger partial charge in [-0.3, -0.25) is 14.2 Å². The van der Waals surface area contributed by atoms with E-state index in [9.17, 15) is 9.59 Å². The van der Waals surface area contributed by atoms with Crippen molar-refractivity contribution in [3.8, 4) is 0 Å². The molecule has 2 aliphatic carbocycles. The Kier molecular flexibility index (Phi) is 4.65. The number of carbonyl (C=O) groups is 1. The predicted octanol–water partition coefficient (Wildman–Crippen LogP) is 5.10. The Bertz CT molecular complexity index is 1200. The van der Waals surface area contributed by atoms with Gasteiger partial charge in [-0.05, 0) is 73.8 Å². The van der Waals surface area contributed by atoms with Gasteiger partial charge in [-0.25, -0.2) is 0 Å². The van der Waals surface area contributed by atoms with Crippen molar-refractivity contribution < 1.29 is 9.21 Å². The van der Waals surface area contributed by atoms with Crippen molar-refractivity contribution >= 4 is 34.7 Å². The molecule has 5 atom stereocenters. The van der Waals surface area contributed by atoms with E-state index in [1.165, 1.54) is 30.6 Å². The standard InChI is InChI=1S/C24H24N2O3S2/c1-13-4-2-5-16(10-13)25-18(27)12-26-23-22(31-24(26)28)20(17-6-3-9-29-17)19-14-7-8-15(11-14)21(19)30-23/h2-6,9-10,14-15,19-21H,7-8,11-12H2,1H3,(H,25,27). The van der Waals surface area contributed by atoms with Crippen LogP contribution in [0.5, 0.6) is 0 Å². The number of furan rings is 1. The Labute approximate surface area is 188 Å². The number of nitrogens with one attached hydrogen (secondary N) is 1. The van der Waals surface area contributed by atoms with Crippen LogP contribution >= 0.6 is 23.1 Å². The molecule has 0 saturated heterocycles. The van der Waals surface area contributed by atoms with Crippen LogP contribution in [-0.2, 0) is 11.3 Å². The van der Waals surface area contributed by atoms with Gasteiger partial charge in [-0.1, -0.05) is 23.5 Å². The highest BCUT2D eigenvalue weighted by Crippen LogP contribution is 2.64. The summed E-state index contributed by atoms with van der Waals surface area (Å²) in [6.45, 7) is 2.04. The zero-order valence-electron chi connectivity index (χ0n) is 17.2. The van der Waals surface area contributed by atoms with Gasteiger partial charge in [0, 0.05) is 10.9 Å². The van der Waals surface area contributed by atoms with Crippen LogP contribution < -0.4 is 10.2 Å². The highest BCUT2D eigenvalue weighted by atomic mass is 32.2. The molecule has 0 spiro atoms. The zero-order chi connectivity index (χ0) is 21.1. The molecule has 1 aliphatic heterocycles. The zero-order valence-corrected chi connectivity index (χ0v) is 18.9. The lowest BCUT2D eigenvalue weighted by Crippen LogP contribution is -2.34. The number of fused-ring (bicyclic) bond motifs is 6. The van der Waals surface area contributed by atoms with Crippen LogP contribution in [0.25, 0.3) is 0 Å². The molecule has 2 aromatic heterocycles. The molecule has 0 radical (unpaired) electrons. The normalized spacial score (nSPS) is 28.4. The molecule has 2 bridgehead atoms. The number of hydrogen-bond acceptors (Lipinski definition) is 5. The number of amides is 1. The van der Waals surface area contributed by atoms with Crippen LogP contribution in [0.3, 0.4) is 0 Å². The van der Waals surface area contributed by atoms with Crippen molar-refractivity contribution in [2.24, 2.45) is 17.8 Å². The van der Waals surface area contributed by atoms with Crippen LogP contribution in [0.15, 0.2) is 56.9 Å². The maximum absolute atomic E-state index is 13.0. The number of anilines is 1. The first-order valence-electron chi connectivity index (χ1n) is 10.9. The third-order valence-corrected chi connectivity index (χ3v) is 9.97. The molecule has 3 aromatic rings. The van der Waals surface area contributed by atoms with E-state index < -0.39 is 0 Å². The summed E-state index contributed by atoms with van der Waals surface area (Å²) in [7, 11) is 0. The second-order valence-corrected chi connectivity index (χ2v) is 11.2. The number of aromatic nitrogens is 1. The second-order valence-electron chi connectivity index (χ2n) is 9.03. The van der Waals surface area contributed by atoms with E-state index in [1.807, 2.05) is 55.1 Å². The Balaban J connectivity index is 1.35. The molecule has 1 aromatic carbocycles. The summed E-state index contributed by atoms with van der Waals surface area (Å²) in [5, 5.41) is 4.42. The van der Waals surface area contributed by atoms with E-state index in [0.717, 1.165) is 26.9 Å². The summed E-state index contributed by atoms with van der Waals surface area (Å²) >= 11 is 3.14. The number of thiazole rings is 1. The van der Waals surface area contributed by atoms with E-state index in [1.54, 1.807) is 10.8 Å². The number of nitrogens with zero attached hydrogens (tertiary/aromatic N) is 1. The molecule has 5 unspecified atom stereocenters. The Morgan fingerprint density at radius 2 is 2.10 bits per heavy atom. The monoisotopic (exact) mass is 452 g/mol. The average molecular weight is 453 g/mol. The Morgan fingerprint density at radius 3 is 2.90 bits per heavy atom. The van der Waals surface area contributed by atoms with E-state index >= 15 is 0 Å². The first kappa shape index (κ1) is 19.4. The van der Waals surface area contributed by atoms with Crippen molar-refractivity contribution in [2.45, 2.75) is 48.9 Å². The summed E-state index contributed by atoms with van der Waals surface area (Å²) in [5.41, 5.74) is 1.85. The minimum Gasteiger partial charge on any atom is -0.469 e. The molecular weight excluding hydrogens is 428 g/mol. The quantitative estimate of drug-likeness (QED) is 0.598. The SMILES string of the molecule is Cc1cccc(NC(=O)Cn2c3c(sc2=O)C(c2ccco2)C2C4CCC(C4)C2S3)c1. The summed E-state index contributed by atoms with van der Waals surface area (Å²) in [5.74, 6) is 2.86. The van der Waals surface area contributed by atoms with Gasteiger partial charge in [-0.2, -0.15) is 0 Å². The fraction of sp³-hybridized carbons (Fsp3) is 0.417. The average Bonchev–Trinajstić information content (AvgIpc) is 3.52. The molecule has 1 N–H and O–H groups in total. The van der Waals surface area contributed by atoms with E-state index in [-0.39, 0.29) is 23.2 Å². The lowest BCUT2D eigenvalue weighted by Gasteiger charge is -2.39. The maximum atomic E-state index is 13.0. The highest BCUT2D eigenvalue weighted by molar-refractivity contribution is 8.00. The lowest BCUT2D eigenvalue weighted by molar-refractivity contribution is -0.116. The van der Waals surface area contributed by atoms with Crippen LogP contribution in [0.2, 0.25) is 0 Å². The first-order valence-corrected chi connectivity index (χ1v) is 12.6. The number of hydrogen-bond donors (Lipinski definition) is 1. The largest absolute Gasteiger partial charge is 0.469 e. The Hall–Kier alpha value is -2.25. The smallest absolute Gasteiger partial charge is 0.308 e. The first-order chi connectivity index (χ1) is 15.1. The number of aryl methyl sites for hydroxylation is 1. The summed E-state index contributed by atoms with van der Waals surface area (Å²) in [4.78, 5) is 26.9. The van der Waals surface area contributed by atoms with Gasteiger partial charge in [0.2, 0.25) is 5.91 Å². The summed E-state index contributed by atoms with van der Waals surface area (Å²) in [6, 6.07) is 11.7. The number of carbonyl (C=O) groups excluding carboxylic acids is 1. The van der Waals surface area contributed by atoms with Crippen molar-refractivity contribution in [2.75, 3.05) is 5.32 Å².